The lowest BCUT2D eigenvalue weighted by Gasteiger charge is -2.24. The summed E-state index contributed by atoms with van der Waals surface area (Å²) in [7, 11) is 0. The molecule has 0 amide bonds. The number of aliphatic hydroxyl groups is 1. The summed E-state index contributed by atoms with van der Waals surface area (Å²) in [5, 5.41) is 13.5. The lowest BCUT2D eigenvalue weighted by molar-refractivity contribution is 0.127. The Kier molecular flexibility index (Phi) is 4.53. The molecule has 1 aromatic carbocycles. The van der Waals surface area contributed by atoms with Gasteiger partial charge in [0.1, 0.15) is 5.82 Å². The third-order valence-electron chi connectivity index (χ3n) is 3.26. The lowest BCUT2D eigenvalue weighted by Crippen LogP contribution is -2.40. The highest BCUT2D eigenvalue weighted by Gasteiger charge is 2.35. The summed E-state index contributed by atoms with van der Waals surface area (Å²) in [6.45, 7) is 4.20. The van der Waals surface area contributed by atoms with E-state index in [0.717, 1.165) is 12.8 Å². The van der Waals surface area contributed by atoms with E-state index in [2.05, 4.69) is 19.2 Å². The van der Waals surface area contributed by atoms with Gasteiger partial charge >= 0.3 is 0 Å². The van der Waals surface area contributed by atoms with Crippen molar-refractivity contribution < 1.29 is 9.50 Å². The minimum Gasteiger partial charge on any atom is -0.387 e. The van der Waals surface area contributed by atoms with Crippen LogP contribution in [0.15, 0.2) is 24.3 Å². The molecule has 2 N–H and O–H groups in total. The summed E-state index contributed by atoms with van der Waals surface area (Å²) in [5.41, 5.74) is 0.425. The van der Waals surface area contributed by atoms with Gasteiger partial charge < -0.3 is 10.4 Å². The predicted octanol–water partition coefficient (Wildman–Crippen LogP) is 2.81. The summed E-state index contributed by atoms with van der Waals surface area (Å²) < 4.78 is 13.5. The van der Waals surface area contributed by atoms with Crippen molar-refractivity contribution in [2.45, 2.75) is 44.4 Å². The quantitative estimate of drug-likeness (QED) is 0.856. The van der Waals surface area contributed by atoms with Crippen molar-refractivity contribution >= 4 is 12.4 Å². The molecule has 4 heteroatoms. The lowest BCUT2D eigenvalue weighted by atomic mass is 10.00. The molecule has 1 aliphatic rings. The normalized spacial score (nSPS) is 24.1. The van der Waals surface area contributed by atoms with E-state index in [-0.39, 0.29) is 29.8 Å². The number of aliphatic hydroxyl groups excluding tert-OH is 1. The van der Waals surface area contributed by atoms with E-state index in [1.165, 1.54) is 6.07 Å². The molecule has 0 saturated carbocycles. The Morgan fingerprint density at radius 1 is 1.41 bits per heavy atom. The van der Waals surface area contributed by atoms with Crippen molar-refractivity contribution in [3.63, 3.8) is 0 Å². The molecule has 0 spiro atoms. The van der Waals surface area contributed by atoms with E-state index < -0.39 is 6.10 Å². The standard InChI is InChI=1S/C13H18FNO.ClH/c1-13(2)8-7-11(15-13)12(16)9-5-3-4-6-10(9)14;/h3-6,11-12,15-16H,7-8H2,1-2H3;1H/t11-,12+;/m1./s1. The molecule has 0 aliphatic carbocycles. The highest BCUT2D eigenvalue weighted by molar-refractivity contribution is 5.85. The van der Waals surface area contributed by atoms with Gasteiger partial charge in [0.25, 0.3) is 0 Å². The van der Waals surface area contributed by atoms with Crippen LogP contribution in [0, 0.1) is 5.82 Å². The van der Waals surface area contributed by atoms with Gasteiger partial charge in [-0.1, -0.05) is 18.2 Å². The monoisotopic (exact) mass is 259 g/mol. The Bertz CT molecular complexity index is 383. The van der Waals surface area contributed by atoms with Crippen molar-refractivity contribution in [1.82, 2.24) is 5.32 Å². The maximum absolute atomic E-state index is 13.5. The van der Waals surface area contributed by atoms with E-state index in [9.17, 15) is 9.50 Å². The van der Waals surface area contributed by atoms with Crippen molar-refractivity contribution in [3.05, 3.63) is 35.6 Å². The molecule has 0 radical (unpaired) electrons. The fraction of sp³-hybridized carbons (Fsp3) is 0.538. The number of hydrogen-bond acceptors (Lipinski definition) is 2. The molecular formula is C13H19ClFNO. The molecule has 1 aliphatic heterocycles. The highest BCUT2D eigenvalue weighted by atomic mass is 35.5. The van der Waals surface area contributed by atoms with Crippen LogP contribution < -0.4 is 5.32 Å². The van der Waals surface area contributed by atoms with Gasteiger partial charge in [-0.15, -0.1) is 12.4 Å². The van der Waals surface area contributed by atoms with E-state index in [1.54, 1.807) is 18.2 Å². The zero-order valence-corrected chi connectivity index (χ0v) is 10.9. The summed E-state index contributed by atoms with van der Waals surface area (Å²) in [6.07, 6.45) is 1.12. The third kappa shape index (κ3) is 3.18. The van der Waals surface area contributed by atoms with Crippen LogP contribution in [0.4, 0.5) is 4.39 Å². The third-order valence-corrected chi connectivity index (χ3v) is 3.26. The first-order valence-corrected chi connectivity index (χ1v) is 5.70. The van der Waals surface area contributed by atoms with Crippen LogP contribution in [0.2, 0.25) is 0 Å². The van der Waals surface area contributed by atoms with Gasteiger partial charge in [-0.3, -0.25) is 0 Å². The second-order valence-electron chi connectivity index (χ2n) is 5.14. The SMILES string of the molecule is CC1(C)CC[C@H]([C@@H](O)c2ccccc2F)N1.Cl. The second-order valence-corrected chi connectivity index (χ2v) is 5.14. The zero-order valence-electron chi connectivity index (χ0n) is 10.1. The molecule has 2 rings (SSSR count). The first kappa shape index (κ1) is 14.4. The molecule has 1 aromatic rings. The topological polar surface area (TPSA) is 32.3 Å². The molecule has 2 nitrogen and oxygen atoms in total. The van der Waals surface area contributed by atoms with Gasteiger partial charge in [-0.05, 0) is 32.8 Å². The van der Waals surface area contributed by atoms with Crippen LogP contribution >= 0.6 is 12.4 Å². The van der Waals surface area contributed by atoms with E-state index in [1.807, 2.05) is 0 Å². The van der Waals surface area contributed by atoms with Gasteiger partial charge in [0.05, 0.1) is 6.10 Å². The predicted molar refractivity (Wildman–Crippen MR) is 68.8 cm³/mol. The number of rotatable bonds is 2. The largest absolute Gasteiger partial charge is 0.387 e. The minimum atomic E-state index is -0.761. The summed E-state index contributed by atoms with van der Waals surface area (Å²) in [5.74, 6) is -0.332. The van der Waals surface area contributed by atoms with E-state index >= 15 is 0 Å². The Morgan fingerprint density at radius 2 is 2.06 bits per heavy atom. The summed E-state index contributed by atoms with van der Waals surface area (Å²) in [4.78, 5) is 0. The van der Waals surface area contributed by atoms with E-state index in [4.69, 9.17) is 0 Å². The van der Waals surface area contributed by atoms with Crippen molar-refractivity contribution in [2.24, 2.45) is 0 Å². The van der Waals surface area contributed by atoms with Crippen LogP contribution in [0.3, 0.4) is 0 Å². The van der Waals surface area contributed by atoms with Crippen molar-refractivity contribution in [2.75, 3.05) is 0 Å². The number of benzene rings is 1. The summed E-state index contributed by atoms with van der Waals surface area (Å²) in [6, 6.07) is 6.37. The van der Waals surface area contributed by atoms with Crippen LogP contribution in [0.25, 0.3) is 0 Å². The molecule has 17 heavy (non-hydrogen) atoms. The van der Waals surface area contributed by atoms with Crippen LogP contribution in [0.5, 0.6) is 0 Å². The maximum Gasteiger partial charge on any atom is 0.129 e. The molecule has 0 unspecified atom stereocenters. The molecule has 0 bridgehead atoms. The number of halogens is 2. The van der Waals surface area contributed by atoms with Gasteiger partial charge in [-0.25, -0.2) is 4.39 Å². The molecular weight excluding hydrogens is 241 g/mol. The fourth-order valence-corrected chi connectivity index (χ4v) is 2.33. The highest BCUT2D eigenvalue weighted by Crippen LogP contribution is 2.31. The minimum absolute atomic E-state index is 0. The molecule has 1 fully saturated rings. The Morgan fingerprint density at radius 3 is 2.59 bits per heavy atom. The van der Waals surface area contributed by atoms with Crippen LogP contribution in [-0.2, 0) is 0 Å². The smallest absolute Gasteiger partial charge is 0.129 e. The summed E-state index contributed by atoms with van der Waals surface area (Å²) >= 11 is 0. The van der Waals surface area contributed by atoms with Crippen molar-refractivity contribution in [3.8, 4) is 0 Å². The first-order chi connectivity index (χ1) is 7.49. The van der Waals surface area contributed by atoms with Crippen LogP contribution in [0.1, 0.15) is 38.4 Å². The number of nitrogens with one attached hydrogen (secondary N) is 1. The van der Waals surface area contributed by atoms with Crippen molar-refractivity contribution in [1.29, 1.82) is 0 Å². The zero-order chi connectivity index (χ0) is 11.8. The van der Waals surface area contributed by atoms with E-state index in [0.29, 0.717) is 5.56 Å². The van der Waals surface area contributed by atoms with Gasteiger partial charge in [0.2, 0.25) is 0 Å². The Hall–Kier alpha value is -0.640. The van der Waals surface area contributed by atoms with Gasteiger partial charge in [-0.2, -0.15) is 0 Å². The Labute approximate surface area is 108 Å². The average molecular weight is 260 g/mol. The molecule has 1 heterocycles. The van der Waals surface area contributed by atoms with Gasteiger partial charge in [0.15, 0.2) is 0 Å². The average Bonchev–Trinajstić information content (AvgIpc) is 2.59. The molecule has 0 aromatic heterocycles. The number of hydrogen-bond donors (Lipinski definition) is 2. The van der Waals surface area contributed by atoms with Crippen LogP contribution in [-0.4, -0.2) is 16.7 Å². The second kappa shape index (κ2) is 5.34. The first-order valence-electron chi connectivity index (χ1n) is 5.70. The Balaban J connectivity index is 0.00000144. The fourth-order valence-electron chi connectivity index (χ4n) is 2.33. The molecule has 2 atom stereocenters. The molecule has 1 saturated heterocycles. The maximum atomic E-state index is 13.5. The molecule has 96 valence electrons. The van der Waals surface area contributed by atoms with Gasteiger partial charge in [0, 0.05) is 17.1 Å².